The van der Waals surface area contributed by atoms with Gasteiger partial charge < -0.3 is 15.0 Å². The van der Waals surface area contributed by atoms with Crippen LogP contribution in [0.15, 0.2) is 16.6 Å². The summed E-state index contributed by atoms with van der Waals surface area (Å²) in [7, 11) is 1.66. The lowest BCUT2D eigenvalue weighted by molar-refractivity contribution is 0.152. The van der Waals surface area contributed by atoms with Gasteiger partial charge >= 0.3 is 0 Å². The average Bonchev–Trinajstić information content (AvgIpc) is 2.57. The fourth-order valence-electron chi connectivity index (χ4n) is 1.98. The molecule has 1 aromatic heterocycles. The molecule has 0 saturated carbocycles. The summed E-state index contributed by atoms with van der Waals surface area (Å²) in [6, 6.07) is 3.08. The van der Waals surface area contributed by atoms with E-state index in [0.717, 1.165) is 0 Å². The fourth-order valence-corrected chi connectivity index (χ4v) is 2.31. The molecule has 6 heteroatoms. The van der Waals surface area contributed by atoms with E-state index in [2.05, 4.69) is 20.9 Å². The molecule has 0 spiro atoms. The monoisotopic (exact) mass is 315 g/mol. The van der Waals surface area contributed by atoms with Gasteiger partial charge in [0.2, 0.25) is 5.95 Å². The average molecular weight is 316 g/mol. The molecule has 0 saturated heterocycles. The second kappa shape index (κ2) is 5.24. The van der Waals surface area contributed by atoms with Crippen molar-refractivity contribution in [3.63, 3.8) is 0 Å². The van der Waals surface area contributed by atoms with Crippen molar-refractivity contribution in [1.29, 1.82) is 0 Å². The molecule has 0 radical (unpaired) electrons. The van der Waals surface area contributed by atoms with E-state index in [1.807, 2.05) is 11.5 Å². The van der Waals surface area contributed by atoms with Gasteiger partial charge in [-0.05, 0) is 27.9 Å². The molecule has 1 atom stereocenters. The Labute approximate surface area is 113 Å². The smallest absolute Gasteiger partial charge is 0.201 e. The number of hydrogen-bond donors (Lipinski definition) is 1. The summed E-state index contributed by atoms with van der Waals surface area (Å²) in [6.45, 7) is 3.32. The zero-order chi connectivity index (χ0) is 13.3. The fraction of sp³-hybridized carbons (Fsp3) is 0.417. The first-order valence-corrected chi connectivity index (χ1v) is 6.42. The molecule has 2 N–H and O–H groups in total. The van der Waals surface area contributed by atoms with Crippen molar-refractivity contribution in [3.05, 3.63) is 22.4 Å². The van der Waals surface area contributed by atoms with Crippen molar-refractivity contribution in [3.8, 4) is 0 Å². The Balaban J connectivity index is 2.43. The van der Waals surface area contributed by atoms with Gasteiger partial charge in [-0.25, -0.2) is 9.37 Å². The number of imidazole rings is 1. The standard InChI is InChI=1S/C12H15BrFN3O/c1-7(6-18-2)5-17-11-4-9(14)8(13)3-10(11)16-12(17)15/h3-4,7H,5-6H2,1-2H3,(H2,15,16). The highest BCUT2D eigenvalue weighted by Gasteiger charge is 2.13. The molecule has 98 valence electrons. The quantitative estimate of drug-likeness (QED) is 0.944. The minimum atomic E-state index is -0.317. The predicted molar refractivity (Wildman–Crippen MR) is 72.8 cm³/mol. The van der Waals surface area contributed by atoms with Gasteiger partial charge in [0.1, 0.15) is 5.82 Å². The van der Waals surface area contributed by atoms with Gasteiger partial charge in [0.25, 0.3) is 0 Å². The Bertz CT molecular complexity index is 570. The maximum absolute atomic E-state index is 13.6. The maximum atomic E-state index is 13.6. The number of ether oxygens (including phenoxy) is 1. The number of aromatic nitrogens is 2. The first kappa shape index (κ1) is 13.3. The summed E-state index contributed by atoms with van der Waals surface area (Å²) < 4.78 is 20.9. The molecule has 0 aliphatic heterocycles. The van der Waals surface area contributed by atoms with Crippen LogP contribution in [0.1, 0.15) is 6.92 Å². The van der Waals surface area contributed by atoms with Crippen LogP contribution < -0.4 is 5.73 Å². The molecule has 0 amide bonds. The van der Waals surface area contributed by atoms with Crippen molar-refractivity contribution in [2.45, 2.75) is 13.5 Å². The Morgan fingerprint density at radius 3 is 2.94 bits per heavy atom. The molecule has 0 bridgehead atoms. The lowest BCUT2D eigenvalue weighted by atomic mass is 10.2. The second-order valence-corrected chi connectivity index (χ2v) is 5.25. The Hall–Kier alpha value is -1.14. The third kappa shape index (κ3) is 2.49. The van der Waals surface area contributed by atoms with Gasteiger partial charge in [-0.2, -0.15) is 0 Å². The number of rotatable bonds is 4. The van der Waals surface area contributed by atoms with E-state index in [9.17, 15) is 4.39 Å². The van der Waals surface area contributed by atoms with Crippen molar-refractivity contribution >= 4 is 32.9 Å². The molecule has 0 aliphatic carbocycles. The van der Waals surface area contributed by atoms with Crippen LogP contribution >= 0.6 is 15.9 Å². The molecule has 2 aromatic rings. The van der Waals surface area contributed by atoms with Gasteiger partial charge in [-0.15, -0.1) is 0 Å². The SMILES string of the molecule is COCC(C)Cn1c(N)nc2cc(Br)c(F)cc21. The van der Waals surface area contributed by atoms with E-state index >= 15 is 0 Å². The highest BCUT2D eigenvalue weighted by atomic mass is 79.9. The Morgan fingerprint density at radius 2 is 2.28 bits per heavy atom. The topological polar surface area (TPSA) is 53.1 Å². The van der Waals surface area contributed by atoms with E-state index < -0.39 is 0 Å². The van der Waals surface area contributed by atoms with Crippen LogP contribution in [0.3, 0.4) is 0 Å². The zero-order valence-corrected chi connectivity index (χ0v) is 11.9. The third-order valence-corrected chi connectivity index (χ3v) is 3.37. The van der Waals surface area contributed by atoms with Crippen molar-refractivity contribution in [2.75, 3.05) is 19.5 Å². The lowest BCUT2D eigenvalue weighted by Crippen LogP contribution is -2.14. The van der Waals surface area contributed by atoms with Crippen LogP contribution in [0.25, 0.3) is 11.0 Å². The molecular formula is C12H15BrFN3O. The number of fused-ring (bicyclic) bond motifs is 1. The number of hydrogen-bond acceptors (Lipinski definition) is 3. The summed E-state index contributed by atoms with van der Waals surface area (Å²) in [5, 5.41) is 0. The third-order valence-electron chi connectivity index (χ3n) is 2.77. The predicted octanol–water partition coefficient (Wildman–Crippen LogP) is 2.80. The van der Waals surface area contributed by atoms with Crippen LogP contribution in [0, 0.1) is 11.7 Å². The summed E-state index contributed by atoms with van der Waals surface area (Å²) in [6.07, 6.45) is 0. The largest absolute Gasteiger partial charge is 0.384 e. The number of nitrogens with zero attached hydrogens (tertiary/aromatic N) is 2. The summed E-state index contributed by atoms with van der Waals surface area (Å²) in [5.74, 6) is 0.356. The van der Waals surface area contributed by atoms with Crippen molar-refractivity contribution in [1.82, 2.24) is 9.55 Å². The van der Waals surface area contributed by atoms with Crippen LogP contribution in [-0.4, -0.2) is 23.3 Å². The van der Waals surface area contributed by atoms with E-state index in [4.69, 9.17) is 10.5 Å². The van der Waals surface area contributed by atoms with E-state index in [1.54, 1.807) is 13.2 Å². The van der Waals surface area contributed by atoms with Gasteiger partial charge in [0.05, 0.1) is 22.1 Å². The van der Waals surface area contributed by atoms with Crippen molar-refractivity contribution < 1.29 is 9.13 Å². The molecule has 0 fully saturated rings. The highest BCUT2D eigenvalue weighted by molar-refractivity contribution is 9.10. The minimum absolute atomic E-state index is 0.279. The van der Waals surface area contributed by atoms with E-state index in [0.29, 0.717) is 34.6 Å². The Morgan fingerprint density at radius 1 is 1.56 bits per heavy atom. The van der Waals surface area contributed by atoms with Crippen LogP contribution in [0.5, 0.6) is 0 Å². The molecule has 1 aromatic carbocycles. The van der Waals surface area contributed by atoms with Gasteiger partial charge in [0.15, 0.2) is 0 Å². The summed E-state index contributed by atoms with van der Waals surface area (Å²) in [5.41, 5.74) is 7.26. The molecular weight excluding hydrogens is 301 g/mol. The summed E-state index contributed by atoms with van der Waals surface area (Å²) in [4.78, 5) is 4.23. The maximum Gasteiger partial charge on any atom is 0.201 e. The summed E-state index contributed by atoms with van der Waals surface area (Å²) >= 11 is 3.14. The number of methoxy groups -OCH3 is 1. The number of halogens is 2. The van der Waals surface area contributed by atoms with E-state index in [-0.39, 0.29) is 11.7 Å². The molecule has 18 heavy (non-hydrogen) atoms. The van der Waals surface area contributed by atoms with Crippen molar-refractivity contribution in [2.24, 2.45) is 5.92 Å². The molecule has 1 unspecified atom stereocenters. The number of anilines is 1. The number of nitrogens with two attached hydrogens (primary N) is 1. The number of nitrogen functional groups attached to an aromatic ring is 1. The van der Waals surface area contributed by atoms with Gasteiger partial charge in [-0.3, -0.25) is 0 Å². The molecule has 4 nitrogen and oxygen atoms in total. The van der Waals surface area contributed by atoms with Crippen LogP contribution in [0.4, 0.5) is 10.3 Å². The highest BCUT2D eigenvalue weighted by Crippen LogP contribution is 2.25. The second-order valence-electron chi connectivity index (χ2n) is 4.40. The van der Waals surface area contributed by atoms with Crippen LogP contribution in [-0.2, 0) is 11.3 Å². The van der Waals surface area contributed by atoms with E-state index in [1.165, 1.54) is 6.07 Å². The first-order chi connectivity index (χ1) is 8.52. The first-order valence-electron chi connectivity index (χ1n) is 5.62. The number of benzene rings is 1. The van der Waals surface area contributed by atoms with Gasteiger partial charge in [-0.1, -0.05) is 6.92 Å². The van der Waals surface area contributed by atoms with Gasteiger partial charge in [0, 0.05) is 19.7 Å². The molecule has 0 aliphatic rings. The minimum Gasteiger partial charge on any atom is -0.384 e. The molecule has 1 heterocycles. The Kier molecular flexibility index (Phi) is 3.87. The normalized spacial score (nSPS) is 13.1. The molecule has 2 rings (SSSR count). The van der Waals surface area contributed by atoms with Crippen LogP contribution in [0.2, 0.25) is 0 Å². The zero-order valence-electron chi connectivity index (χ0n) is 10.3. The lowest BCUT2D eigenvalue weighted by Gasteiger charge is -2.13.